The number of aromatic nitrogens is 2. The molecule has 1 unspecified atom stereocenters. The minimum Gasteiger partial charge on any atom is -0.271 e. The molecule has 0 amide bonds. The van der Waals surface area contributed by atoms with Crippen LogP contribution in [-0.4, -0.2) is 27.3 Å². The SMILES string of the molecule is CCc1nn(CC)c(CC(CC2CCSCC2)NN)c1Cl. The standard InChI is InChI=1S/C15H27ClN4S/c1-3-13-15(16)14(20(4-2)19-13)10-12(18-17)9-11-5-7-21-8-6-11/h11-12,18H,3-10,17H2,1-2H3. The van der Waals surface area contributed by atoms with E-state index in [1.807, 2.05) is 4.68 Å². The van der Waals surface area contributed by atoms with Gasteiger partial charge in [-0.2, -0.15) is 16.9 Å². The lowest BCUT2D eigenvalue weighted by Crippen LogP contribution is -2.39. The van der Waals surface area contributed by atoms with Gasteiger partial charge >= 0.3 is 0 Å². The summed E-state index contributed by atoms with van der Waals surface area (Å²) < 4.78 is 2.03. The lowest BCUT2D eigenvalue weighted by Gasteiger charge is -2.26. The number of halogens is 1. The minimum absolute atomic E-state index is 0.280. The maximum absolute atomic E-state index is 6.50. The van der Waals surface area contributed by atoms with E-state index < -0.39 is 0 Å². The molecule has 2 heterocycles. The molecule has 1 aliphatic heterocycles. The molecular formula is C15H27ClN4S. The van der Waals surface area contributed by atoms with E-state index >= 15 is 0 Å². The van der Waals surface area contributed by atoms with Gasteiger partial charge in [-0.15, -0.1) is 0 Å². The van der Waals surface area contributed by atoms with Crippen molar-refractivity contribution in [2.24, 2.45) is 11.8 Å². The molecule has 0 spiro atoms. The number of thioether (sulfide) groups is 1. The van der Waals surface area contributed by atoms with E-state index in [1.54, 1.807) is 0 Å². The van der Waals surface area contributed by atoms with E-state index in [-0.39, 0.29) is 6.04 Å². The van der Waals surface area contributed by atoms with Gasteiger partial charge in [0, 0.05) is 19.0 Å². The Labute approximate surface area is 137 Å². The summed E-state index contributed by atoms with van der Waals surface area (Å²) in [6.07, 6.45) is 5.48. The van der Waals surface area contributed by atoms with Gasteiger partial charge in [0.1, 0.15) is 0 Å². The summed E-state index contributed by atoms with van der Waals surface area (Å²) in [7, 11) is 0. The number of rotatable bonds is 7. The van der Waals surface area contributed by atoms with Gasteiger partial charge in [0.2, 0.25) is 0 Å². The van der Waals surface area contributed by atoms with Crippen LogP contribution in [-0.2, 0) is 19.4 Å². The fourth-order valence-electron chi connectivity index (χ4n) is 3.04. The highest BCUT2D eigenvalue weighted by atomic mass is 35.5. The Morgan fingerprint density at radius 1 is 1.43 bits per heavy atom. The van der Waals surface area contributed by atoms with Gasteiger partial charge in [0.15, 0.2) is 0 Å². The zero-order valence-corrected chi connectivity index (χ0v) is 14.6. The van der Waals surface area contributed by atoms with E-state index in [0.717, 1.165) is 48.1 Å². The molecule has 1 aromatic heterocycles. The maximum Gasteiger partial charge on any atom is 0.0850 e. The molecule has 0 aromatic carbocycles. The van der Waals surface area contributed by atoms with E-state index in [2.05, 4.69) is 36.1 Å². The highest BCUT2D eigenvalue weighted by molar-refractivity contribution is 7.99. The molecule has 1 fully saturated rings. The second kappa shape index (κ2) is 8.42. The summed E-state index contributed by atoms with van der Waals surface area (Å²) >= 11 is 8.56. The Morgan fingerprint density at radius 3 is 2.71 bits per heavy atom. The summed E-state index contributed by atoms with van der Waals surface area (Å²) in [5.41, 5.74) is 5.12. The number of nitrogens with zero attached hydrogens (tertiary/aromatic N) is 2. The monoisotopic (exact) mass is 330 g/mol. The summed E-state index contributed by atoms with van der Waals surface area (Å²) in [6.45, 7) is 5.05. The number of nitrogens with one attached hydrogen (secondary N) is 1. The third-order valence-corrected chi connectivity index (χ3v) is 5.81. The van der Waals surface area contributed by atoms with Crippen molar-refractivity contribution in [2.45, 2.75) is 58.5 Å². The topological polar surface area (TPSA) is 55.9 Å². The van der Waals surface area contributed by atoms with Crippen LogP contribution in [0.5, 0.6) is 0 Å². The fraction of sp³-hybridized carbons (Fsp3) is 0.800. The van der Waals surface area contributed by atoms with Gasteiger partial charge in [-0.05, 0) is 50.0 Å². The summed E-state index contributed by atoms with van der Waals surface area (Å²) in [5.74, 6) is 9.15. The molecule has 1 aromatic rings. The molecule has 4 nitrogen and oxygen atoms in total. The first kappa shape index (κ1) is 17.1. The van der Waals surface area contributed by atoms with Crippen LogP contribution in [0, 0.1) is 5.92 Å². The molecule has 1 aliphatic rings. The first-order valence-corrected chi connectivity index (χ1v) is 9.50. The lowest BCUT2D eigenvalue weighted by atomic mass is 9.92. The van der Waals surface area contributed by atoms with Gasteiger partial charge < -0.3 is 0 Å². The predicted molar refractivity (Wildman–Crippen MR) is 91.8 cm³/mol. The number of hydrazine groups is 1. The highest BCUT2D eigenvalue weighted by Crippen LogP contribution is 2.28. The van der Waals surface area contributed by atoms with Gasteiger partial charge in [-0.3, -0.25) is 16.0 Å². The number of hydrogen-bond acceptors (Lipinski definition) is 4. The molecule has 1 saturated heterocycles. The van der Waals surface area contributed by atoms with Crippen LogP contribution in [0.15, 0.2) is 0 Å². The molecule has 6 heteroatoms. The Bertz CT molecular complexity index is 443. The molecule has 0 bridgehead atoms. The summed E-state index contributed by atoms with van der Waals surface area (Å²) in [5, 5.41) is 5.43. The zero-order valence-electron chi connectivity index (χ0n) is 13.1. The number of hydrogen-bond donors (Lipinski definition) is 2. The van der Waals surface area contributed by atoms with Crippen molar-refractivity contribution in [3.8, 4) is 0 Å². The Hall–Kier alpha value is -0.230. The van der Waals surface area contributed by atoms with Crippen LogP contribution in [0.2, 0.25) is 5.02 Å². The van der Waals surface area contributed by atoms with E-state index in [4.69, 9.17) is 17.4 Å². The van der Waals surface area contributed by atoms with Crippen LogP contribution >= 0.6 is 23.4 Å². The number of aryl methyl sites for hydroxylation is 2. The first-order chi connectivity index (χ1) is 10.2. The van der Waals surface area contributed by atoms with Crippen LogP contribution in [0.3, 0.4) is 0 Å². The lowest BCUT2D eigenvalue weighted by molar-refractivity contribution is 0.360. The second-order valence-electron chi connectivity index (χ2n) is 5.74. The molecule has 1 atom stereocenters. The third-order valence-electron chi connectivity index (χ3n) is 4.33. The van der Waals surface area contributed by atoms with E-state index in [1.165, 1.54) is 24.3 Å². The van der Waals surface area contributed by atoms with Gasteiger partial charge in [-0.1, -0.05) is 18.5 Å². The van der Waals surface area contributed by atoms with Crippen molar-refractivity contribution in [3.05, 3.63) is 16.4 Å². The quantitative estimate of drug-likeness (QED) is 0.596. The molecule has 2 rings (SSSR count). The minimum atomic E-state index is 0.280. The largest absolute Gasteiger partial charge is 0.271 e. The van der Waals surface area contributed by atoms with Crippen LogP contribution in [0.1, 0.15) is 44.5 Å². The normalized spacial score (nSPS) is 18.1. The van der Waals surface area contributed by atoms with Crippen molar-refractivity contribution >= 4 is 23.4 Å². The fourth-order valence-corrected chi connectivity index (χ4v) is 4.59. The smallest absolute Gasteiger partial charge is 0.0850 e. The highest BCUT2D eigenvalue weighted by Gasteiger charge is 2.22. The predicted octanol–water partition coefficient (Wildman–Crippen LogP) is 3.03. The molecule has 3 N–H and O–H groups in total. The van der Waals surface area contributed by atoms with Crippen molar-refractivity contribution in [1.82, 2.24) is 15.2 Å². The number of nitrogens with two attached hydrogens (primary N) is 1. The first-order valence-electron chi connectivity index (χ1n) is 7.97. The van der Waals surface area contributed by atoms with Crippen molar-refractivity contribution in [1.29, 1.82) is 0 Å². The molecular weight excluding hydrogens is 304 g/mol. The van der Waals surface area contributed by atoms with Crippen LogP contribution < -0.4 is 11.3 Å². The molecule has 120 valence electrons. The van der Waals surface area contributed by atoms with Crippen molar-refractivity contribution < 1.29 is 0 Å². The second-order valence-corrected chi connectivity index (χ2v) is 7.34. The Kier molecular flexibility index (Phi) is 6.86. The zero-order chi connectivity index (χ0) is 15.2. The summed E-state index contributed by atoms with van der Waals surface area (Å²) in [4.78, 5) is 0. The molecule has 0 radical (unpaired) electrons. The molecule has 0 saturated carbocycles. The maximum atomic E-state index is 6.50. The van der Waals surface area contributed by atoms with Crippen molar-refractivity contribution in [3.63, 3.8) is 0 Å². The summed E-state index contributed by atoms with van der Waals surface area (Å²) in [6, 6.07) is 0.280. The van der Waals surface area contributed by atoms with E-state index in [0.29, 0.717) is 0 Å². The molecule has 0 aliphatic carbocycles. The average molecular weight is 331 g/mol. The molecule has 21 heavy (non-hydrogen) atoms. The van der Waals surface area contributed by atoms with Crippen LogP contribution in [0.25, 0.3) is 0 Å². The Balaban J connectivity index is 2.05. The van der Waals surface area contributed by atoms with Crippen molar-refractivity contribution in [2.75, 3.05) is 11.5 Å². The Morgan fingerprint density at radius 2 is 2.14 bits per heavy atom. The van der Waals surface area contributed by atoms with Crippen LogP contribution in [0.4, 0.5) is 0 Å². The van der Waals surface area contributed by atoms with Gasteiger partial charge in [0.05, 0.1) is 16.4 Å². The average Bonchev–Trinajstić information content (AvgIpc) is 2.83. The van der Waals surface area contributed by atoms with Gasteiger partial charge in [0.25, 0.3) is 0 Å². The third kappa shape index (κ3) is 4.38. The van der Waals surface area contributed by atoms with E-state index in [9.17, 15) is 0 Å². The van der Waals surface area contributed by atoms with Gasteiger partial charge in [-0.25, -0.2) is 0 Å².